The molecule has 4 N–H and O–H groups in total. The second kappa shape index (κ2) is 13.5. The van der Waals surface area contributed by atoms with Gasteiger partial charge in [0.05, 0.1) is 35.3 Å². The number of thiophene rings is 1. The van der Waals surface area contributed by atoms with Crippen LogP contribution in [0.15, 0.2) is 59.6 Å². The van der Waals surface area contributed by atoms with Gasteiger partial charge in [-0.05, 0) is 75.8 Å². The second-order valence-corrected chi connectivity index (χ2v) is 15.0. The number of benzene rings is 2. The number of aromatic nitrogens is 3. The van der Waals surface area contributed by atoms with E-state index in [4.69, 9.17) is 10.5 Å². The smallest absolute Gasteiger partial charge is 0.425 e. The molecule has 0 bridgehead atoms. The van der Waals surface area contributed by atoms with Gasteiger partial charge in [-0.2, -0.15) is 23.1 Å². The standard InChI is InChI=1S/C33H33F3N8O5S2/c1-18-7-9-20(10-8-18)51(47,48)44-13-11-21-30(38-23-16-26(33(34,35)36)50-28(23)29(37)46)40-32(41-31(21)44)39-22-15-24-19(14-25(22)49-4)6-5-12-43(24)27(45)17-42(2)3/h7-11,13-16H,5-6,12,17H2,1-4H3,(H2,37,46)(H2,38,39,40,41). The van der Waals surface area contributed by atoms with Crippen LogP contribution in [-0.2, 0) is 27.4 Å². The van der Waals surface area contributed by atoms with Gasteiger partial charge in [-0.15, -0.1) is 11.3 Å². The van der Waals surface area contributed by atoms with Crippen LogP contribution >= 0.6 is 11.3 Å². The lowest BCUT2D eigenvalue weighted by Crippen LogP contribution is -2.40. The quantitative estimate of drug-likeness (QED) is 0.167. The SMILES string of the molecule is COc1cc2c(cc1Nc1nc(Nc3cc(C(F)(F)F)sc3C(N)=O)c3ccn(S(=O)(=O)c4ccc(C)cc4)c3n1)N(C(=O)CN(C)C)CCC2. The highest BCUT2D eigenvalue weighted by molar-refractivity contribution is 7.90. The Labute approximate surface area is 294 Å². The summed E-state index contributed by atoms with van der Waals surface area (Å²) in [6, 6.07) is 11.8. The van der Waals surface area contributed by atoms with E-state index < -0.39 is 31.9 Å². The van der Waals surface area contributed by atoms with E-state index in [1.807, 2.05) is 6.92 Å². The number of carbonyl (C=O) groups is 2. The molecule has 0 saturated carbocycles. The molecule has 13 nitrogen and oxygen atoms in total. The Morgan fingerprint density at radius 2 is 1.78 bits per heavy atom. The van der Waals surface area contributed by atoms with Crippen molar-refractivity contribution in [3.8, 4) is 5.75 Å². The van der Waals surface area contributed by atoms with E-state index in [0.717, 1.165) is 27.6 Å². The Morgan fingerprint density at radius 3 is 2.43 bits per heavy atom. The number of likely N-dealkylation sites (N-methyl/N-ethyl adjacent to an activating group) is 1. The van der Waals surface area contributed by atoms with Crippen LogP contribution in [0.2, 0.25) is 0 Å². The minimum Gasteiger partial charge on any atom is -0.495 e. The number of carbonyl (C=O) groups excluding carboxylic acids is 2. The van der Waals surface area contributed by atoms with Crippen LogP contribution in [0.5, 0.6) is 5.75 Å². The molecule has 5 aromatic rings. The summed E-state index contributed by atoms with van der Waals surface area (Å²) in [4.78, 5) is 36.4. The first-order valence-corrected chi connectivity index (χ1v) is 17.7. The molecular formula is C33H33F3N8O5S2. The van der Waals surface area contributed by atoms with E-state index in [-0.39, 0.29) is 57.2 Å². The zero-order valence-corrected chi connectivity index (χ0v) is 29.5. The summed E-state index contributed by atoms with van der Waals surface area (Å²) in [7, 11) is 0.822. The number of amides is 2. The van der Waals surface area contributed by atoms with Crippen molar-refractivity contribution < 1.29 is 35.9 Å². The highest BCUT2D eigenvalue weighted by Crippen LogP contribution is 2.42. The number of anilines is 5. The Morgan fingerprint density at radius 1 is 1.06 bits per heavy atom. The normalized spacial score (nSPS) is 13.4. The van der Waals surface area contributed by atoms with Gasteiger partial charge in [0.15, 0.2) is 5.65 Å². The third-order valence-electron chi connectivity index (χ3n) is 8.10. The minimum atomic E-state index is -4.77. The molecule has 3 aromatic heterocycles. The third-order valence-corrected chi connectivity index (χ3v) is 11.0. The summed E-state index contributed by atoms with van der Waals surface area (Å²) in [5.41, 5.74) is 7.74. The number of nitrogens with one attached hydrogen (secondary N) is 2. The summed E-state index contributed by atoms with van der Waals surface area (Å²) in [5.74, 6) is -1.13. The average Bonchev–Trinajstić information content (AvgIpc) is 3.70. The fraction of sp³-hybridized carbons (Fsp3) is 0.273. The number of methoxy groups -OCH3 is 1. The first kappa shape index (κ1) is 35.6. The van der Waals surface area contributed by atoms with E-state index in [2.05, 4.69) is 20.6 Å². The maximum absolute atomic E-state index is 13.9. The summed E-state index contributed by atoms with van der Waals surface area (Å²) in [6.45, 7) is 2.49. The summed E-state index contributed by atoms with van der Waals surface area (Å²) in [6.07, 6.45) is -2.07. The number of halogens is 3. The summed E-state index contributed by atoms with van der Waals surface area (Å²) >= 11 is 0.164. The van der Waals surface area contributed by atoms with Gasteiger partial charge in [0.25, 0.3) is 15.9 Å². The number of rotatable bonds is 10. The van der Waals surface area contributed by atoms with Crippen molar-refractivity contribution in [2.75, 3.05) is 49.8 Å². The Bertz CT molecular complexity index is 2270. The predicted molar refractivity (Wildman–Crippen MR) is 188 cm³/mol. The van der Waals surface area contributed by atoms with Crippen molar-refractivity contribution in [2.24, 2.45) is 5.73 Å². The van der Waals surface area contributed by atoms with Gasteiger partial charge in [0.1, 0.15) is 21.3 Å². The number of hydrogen-bond donors (Lipinski definition) is 3. The first-order chi connectivity index (χ1) is 24.1. The molecule has 0 atom stereocenters. The lowest BCUT2D eigenvalue weighted by Gasteiger charge is -2.31. The molecule has 4 heterocycles. The maximum atomic E-state index is 13.9. The monoisotopic (exact) mass is 742 g/mol. The van der Waals surface area contributed by atoms with Crippen molar-refractivity contribution in [3.05, 3.63) is 75.6 Å². The van der Waals surface area contributed by atoms with Gasteiger partial charge in [0.2, 0.25) is 11.9 Å². The van der Waals surface area contributed by atoms with Crippen LogP contribution in [0.3, 0.4) is 0 Å². The van der Waals surface area contributed by atoms with Gasteiger partial charge < -0.3 is 30.9 Å². The van der Waals surface area contributed by atoms with Crippen molar-refractivity contribution in [1.29, 1.82) is 0 Å². The molecule has 0 radical (unpaired) electrons. The molecule has 2 amide bonds. The van der Waals surface area contributed by atoms with Crippen LogP contribution in [0.4, 0.5) is 42.0 Å². The van der Waals surface area contributed by atoms with Crippen molar-refractivity contribution in [2.45, 2.75) is 30.8 Å². The Balaban J connectivity index is 1.51. The van der Waals surface area contributed by atoms with Crippen molar-refractivity contribution >= 4 is 73.0 Å². The van der Waals surface area contributed by atoms with E-state index in [0.29, 0.717) is 30.1 Å². The lowest BCUT2D eigenvalue weighted by atomic mass is 10.00. The van der Waals surface area contributed by atoms with Crippen LogP contribution in [0.25, 0.3) is 11.0 Å². The van der Waals surface area contributed by atoms with Crippen LogP contribution in [0.1, 0.15) is 32.1 Å². The van der Waals surface area contributed by atoms with E-state index in [1.54, 1.807) is 48.2 Å². The Kier molecular flexibility index (Phi) is 9.43. The topological polar surface area (TPSA) is 165 Å². The average molecular weight is 743 g/mol. The van der Waals surface area contributed by atoms with Crippen LogP contribution in [0, 0.1) is 6.92 Å². The zero-order valence-electron chi connectivity index (χ0n) is 27.8. The molecule has 6 rings (SSSR count). The number of aryl methyl sites for hydroxylation is 2. The lowest BCUT2D eigenvalue weighted by molar-refractivity contribution is -0.134. The number of alkyl halides is 3. The minimum absolute atomic E-state index is 0.0317. The molecule has 0 aliphatic carbocycles. The van der Waals surface area contributed by atoms with Crippen LogP contribution in [-0.4, -0.2) is 73.4 Å². The number of primary amides is 1. The van der Waals surface area contributed by atoms with Crippen LogP contribution < -0.4 is 26.0 Å². The number of ether oxygens (including phenoxy) is 1. The fourth-order valence-electron chi connectivity index (χ4n) is 5.71. The second-order valence-electron chi connectivity index (χ2n) is 12.1. The van der Waals surface area contributed by atoms with Crippen molar-refractivity contribution in [3.63, 3.8) is 0 Å². The number of nitrogens with two attached hydrogens (primary N) is 1. The maximum Gasteiger partial charge on any atom is 0.425 e. The highest BCUT2D eigenvalue weighted by atomic mass is 32.2. The number of fused-ring (bicyclic) bond motifs is 2. The zero-order chi connectivity index (χ0) is 36.8. The fourth-order valence-corrected chi connectivity index (χ4v) is 7.83. The molecule has 0 fully saturated rings. The van der Waals surface area contributed by atoms with E-state index in [9.17, 15) is 31.2 Å². The largest absolute Gasteiger partial charge is 0.495 e. The van der Waals surface area contributed by atoms with Gasteiger partial charge in [-0.3, -0.25) is 9.59 Å². The molecule has 51 heavy (non-hydrogen) atoms. The number of hydrogen-bond acceptors (Lipinski definition) is 11. The third kappa shape index (κ3) is 7.06. The molecule has 1 aliphatic heterocycles. The molecule has 1 aliphatic rings. The Hall–Kier alpha value is -5.20. The molecule has 0 unspecified atom stereocenters. The molecule has 268 valence electrons. The molecule has 2 aromatic carbocycles. The van der Waals surface area contributed by atoms with Gasteiger partial charge in [-0.25, -0.2) is 12.4 Å². The highest BCUT2D eigenvalue weighted by Gasteiger charge is 2.35. The van der Waals surface area contributed by atoms with Gasteiger partial charge in [-0.1, -0.05) is 17.7 Å². The van der Waals surface area contributed by atoms with Gasteiger partial charge in [0, 0.05) is 18.4 Å². The molecule has 18 heteroatoms. The van der Waals surface area contributed by atoms with E-state index in [1.165, 1.54) is 31.5 Å². The molecule has 0 saturated heterocycles. The van der Waals surface area contributed by atoms with Gasteiger partial charge >= 0.3 is 6.18 Å². The van der Waals surface area contributed by atoms with E-state index >= 15 is 0 Å². The molecule has 0 spiro atoms. The first-order valence-electron chi connectivity index (χ1n) is 15.5. The molecular weight excluding hydrogens is 710 g/mol. The predicted octanol–water partition coefficient (Wildman–Crippen LogP) is 5.49. The number of nitrogens with zero attached hydrogens (tertiary/aromatic N) is 5. The summed E-state index contributed by atoms with van der Waals surface area (Å²) in [5, 5.41) is 5.94. The van der Waals surface area contributed by atoms with Crippen molar-refractivity contribution in [1.82, 2.24) is 18.8 Å². The summed E-state index contributed by atoms with van der Waals surface area (Å²) < 4.78 is 75.4.